The van der Waals surface area contributed by atoms with Gasteiger partial charge in [0.05, 0.1) is 0 Å². The molecule has 1 saturated heterocycles. The molecule has 6 heteroatoms. The molecule has 0 bridgehead atoms. The summed E-state index contributed by atoms with van der Waals surface area (Å²) in [7, 11) is 0. The number of carboxylic acids is 1. The highest BCUT2D eigenvalue weighted by atomic mass is 19.2. The number of benzene rings is 1. The molecule has 1 fully saturated rings. The fourth-order valence-electron chi connectivity index (χ4n) is 2.14. The average Bonchev–Trinajstić information content (AvgIpc) is 2.68. The molecule has 1 aliphatic rings. The summed E-state index contributed by atoms with van der Waals surface area (Å²) < 4.78 is 26.5. The molecule has 1 atom stereocenters. The smallest absolute Gasteiger partial charge is 0.325 e. The highest BCUT2D eigenvalue weighted by molar-refractivity contribution is 5.79. The van der Waals surface area contributed by atoms with E-state index in [0.717, 1.165) is 6.07 Å². The molecule has 98 valence electrons. The molecule has 4 nitrogen and oxygen atoms in total. The summed E-state index contributed by atoms with van der Waals surface area (Å²) in [6.07, 6.45) is 0.305. The monoisotopic (exact) mass is 256 g/mol. The molecule has 0 aliphatic carbocycles. The van der Waals surface area contributed by atoms with E-state index in [4.69, 9.17) is 10.8 Å². The van der Waals surface area contributed by atoms with Gasteiger partial charge in [-0.15, -0.1) is 0 Å². The van der Waals surface area contributed by atoms with Crippen molar-refractivity contribution in [2.75, 3.05) is 13.1 Å². The maximum Gasteiger partial charge on any atom is 0.325 e. The van der Waals surface area contributed by atoms with Crippen molar-refractivity contribution >= 4 is 5.97 Å². The first-order valence-corrected chi connectivity index (χ1v) is 5.60. The molecular weight excluding hydrogens is 242 g/mol. The van der Waals surface area contributed by atoms with Crippen LogP contribution in [0.2, 0.25) is 0 Å². The minimum Gasteiger partial charge on any atom is -0.480 e. The third-order valence-electron chi connectivity index (χ3n) is 3.23. The van der Waals surface area contributed by atoms with Crippen molar-refractivity contribution in [2.45, 2.75) is 18.5 Å². The second-order valence-electron chi connectivity index (χ2n) is 4.63. The number of nitrogens with zero attached hydrogens (tertiary/aromatic N) is 1. The molecule has 0 aromatic heterocycles. The molecule has 0 saturated carbocycles. The van der Waals surface area contributed by atoms with E-state index in [-0.39, 0.29) is 18.7 Å². The van der Waals surface area contributed by atoms with Crippen LogP contribution in [0.4, 0.5) is 8.78 Å². The number of rotatable bonds is 3. The van der Waals surface area contributed by atoms with Crippen LogP contribution in [0.25, 0.3) is 0 Å². The zero-order chi connectivity index (χ0) is 13.3. The van der Waals surface area contributed by atoms with E-state index < -0.39 is 23.1 Å². The van der Waals surface area contributed by atoms with Gasteiger partial charge in [-0.2, -0.15) is 0 Å². The van der Waals surface area contributed by atoms with E-state index in [1.165, 1.54) is 12.1 Å². The van der Waals surface area contributed by atoms with Crippen molar-refractivity contribution in [1.29, 1.82) is 0 Å². The van der Waals surface area contributed by atoms with Crippen LogP contribution in [0.15, 0.2) is 18.2 Å². The van der Waals surface area contributed by atoms with Crippen LogP contribution < -0.4 is 5.73 Å². The number of aliphatic carboxylic acids is 1. The largest absolute Gasteiger partial charge is 0.480 e. The third kappa shape index (κ3) is 2.34. The molecule has 1 heterocycles. The summed E-state index contributed by atoms with van der Waals surface area (Å²) in [6, 6.07) is 3.96. The van der Waals surface area contributed by atoms with Crippen LogP contribution in [-0.2, 0) is 11.3 Å². The van der Waals surface area contributed by atoms with Gasteiger partial charge in [0, 0.05) is 25.2 Å². The molecule has 1 aromatic carbocycles. The Morgan fingerprint density at radius 1 is 1.50 bits per heavy atom. The molecule has 0 amide bonds. The summed E-state index contributed by atoms with van der Waals surface area (Å²) in [4.78, 5) is 12.7. The predicted molar refractivity (Wildman–Crippen MR) is 60.8 cm³/mol. The number of hydrogen-bond donors (Lipinski definition) is 2. The Labute approximate surface area is 103 Å². The van der Waals surface area contributed by atoms with E-state index in [2.05, 4.69) is 0 Å². The van der Waals surface area contributed by atoms with Crippen LogP contribution in [0.1, 0.15) is 12.0 Å². The van der Waals surface area contributed by atoms with Crippen LogP contribution >= 0.6 is 0 Å². The quantitative estimate of drug-likeness (QED) is 0.845. The average molecular weight is 256 g/mol. The van der Waals surface area contributed by atoms with Crippen molar-refractivity contribution < 1.29 is 18.7 Å². The van der Waals surface area contributed by atoms with Gasteiger partial charge >= 0.3 is 5.97 Å². The Balaban J connectivity index is 2.08. The molecular formula is C12H14F2N2O2. The van der Waals surface area contributed by atoms with Gasteiger partial charge in [-0.3, -0.25) is 9.69 Å². The molecule has 18 heavy (non-hydrogen) atoms. The Morgan fingerprint density at radius 2 is 2.22 bits per heavy atom. The van der Waals surface area contributed by atoms with Crippen LogP contribution in [-0.4, -0.2) is 34.6 Å². The number of carbonyl (C=O) groups is 1. The van der Waals surface area contributed by atoms with Crippen LogP contribution in [0, 0.1) is 11.6 Å². The highest BCUT2D eigenvalue weighted by Gasteiger charge is 2.41. The maximum atomic E-state index is 13.5. The number of hydrogen-bond acceptors (Lipinski definition) is 3. The second-order valence-corrected chi connectivity index (χ2v) is 4.63. The van der Waals surface area contributed by atoms with Crippen molar-refractivity contribution in [3.05, 3.63) is 35.4 Å². The third-order valence-corrected chi connectivity index (χ3v) is 3.23. The molecule has 0 spiro atoms. The van der Waals surface area contributed by atoms with Crippen LogP contribution in [0.5, 0.6) is 0 Å². The van der Waals surface area contributed by atoms with Gasteiger partial charge in [-0.25, -0.2) is 8.78 Å². The van der Waals surface area contributed by atoms with Gasteiger partial charge in [-0.05, 0) is 12.5 Å². The highest BCUT2D eigenvalue weighted by Crippen LogP contribution is 2.22. The Bertz CT molecular complexity index is 481. The summed E-state index contributed by atoms with van der Waals surface area (Å²) in [5.74, 6) is -2.85. The second kappa shape index (κ2) is 4.62. The molecule has 1 aliphatic heterocycles. The summed E-state index contributed by atoms with van der Waals surface area (Å²) in [6.45, 7) is 0.757. The number of halogens is 2. The fourth-order valence-corrected chi connectivity index (χ4v) is 2.14. The van der Waals surface area contributed by atoms with Gasteiger partial charge in [0.15, 0.2) is 11.6 Å². The van der Waals surface area contributed by atoms with Crippen LogP contribution in [0.3, 0.4) is 0 Å². The lowest BCUT2D eigenvalue weighted by Gasteiger charge is -2.20. The lowest BCUT2D eigenvalue weighted by molar-refractivity contribution is -0.142. The molecule has 2 rings (SSSR count). The number of carboxylic acid groups (broad SMARTS) is 1. The summed E-state index contributed by atoms with van der Waals surface area (Å²) >= 11 is 0. The zero-order valence-electron chi connectivity index (χ0n) is 9.70. The van der Waals surface area contributed by atoms with Gasteiger partial charge in [0.1, 0.15) is 5.54 Å². The van der Waals surface area contributed by atoms with E-state index in [0.29, 0.717) is 13.0 Å². The van der Waals surface area contributed by atoms with Gasteiger partial charge in [0.2, 0.25) is 0 Å². The Morgan fingerprint density at radius 3 is 2.83 bits per heavy atom. The molecule has 0 radical (unpaired) electrons. The van der Waals surface area contributed by atoms with Crippen molar-refractivity contribution in [3.8, 4) is 0 Å². The van der Waals surface area contributed by atoms with Gasteiger partial charge < -0.3 is 10.8 Å². The fraction of sp³-hybridized carbons (Fsp3) is 0.417. The number of likely N-dealkylation sites (tertiary alicyclic amines) is 1. The van der Waals surface area contributed by atoms with E-state index in [1.54, 1.807) is 4.90 Å². The normalized spacial score (nSPS) is 24.4. The maximum absolute atomic E-state index is 13.5. The minimum absolute atomic E-state index is 0.137. The van der Waals surface area contributed by atoms with E-state index in [1.807, 2.05) is 0 Å². The standard InChI is InChI=1S/C12H14F2N2O2/c13-9-3-1-2-8(10(9)14)6-16-5-4-12(15,7-16)11(17)18/h1-3H,4-7,15H2,(H,17,18). The first-order valence-electron chi connectivity index (χ1n) is 5.60. The lowest BCUT2D eigenvalue weighted by atomic mass is 10.0. The first kappa shape index (κ1) is 12.9. The Kier molecular flexibility index (Phi) is 3.32. The lowest BCUT2D eigenvalue weighted by Crippen LogP contribution is -2.50. The molecule has 1 aromatic rings. The summed E-state index contributed by atoms with van der Waals surface area (Å²) in [5.41, 5.74) is 4.63. The van der Waals surface area contributed by atoms with E-state index in [9.17, 15) is 13.6 Å². The molecule has 3 N–H and O–H groups in total. The SMILES string of the molecule is NC1(C(=O)O)CCN(Cc2cccc(F)c2F)C1. The van der Waals surface area contributed by atoms with Crippen molar-refractivity contribution in [1.82, 2.24) is 4.90 Å². The molecule has 1 unspecified atom stereocenters. The van der Waals surface area contributed by atoms with Crippen molar-refractivity contribution in [2.24, 2.45) is 5.73 Å². The van der Waals surface area contributed by atoms with Gasteiger partial charge in [-0.1, -0.05) is 12.1 Å². The number of nitrogens with two attached hydrogens (primary N) is 1. The minimum atomic E-state index is -1.29. The van der Waals surface area contributed by atoms with E-state index >= 15 is 0 Å². The summed E-state index contributed by atoms with van der Waals surface area (Å²) in [5, 5.41) is 8.97. The predicted octanol–water partition coefficient (Wildman–Crippen LogP) is 0.953. The van der Waals surface area contributed by atoms with Crippen molar-refractivity contribution in [3.63, 3.8) is 0 Å². The first-order chi connectivity index (χ1) is 8.42. The Hall–Kier alpha value is -1.53. The topological polar surface area (TPSA) is 66.6 Å². The van der Waals surface area contributed by atoms with Gasteiger partial charge in [0.25, 0.3) is 0 Å². The zero-order valence-corrected chi connectivity index (χ0v) is 9.70.